The lowest BCUT2D eigenvalue weighted by atomic mass is 10.1. The van der Waals surface area contributed by atoms with Crippen LogP contribution in [0.4, 0.5) is 10.5 Å². The summed E-state index contributed by atoms with van der Waals surface area (Å²) >= 11 is 6.52. The van der Waals surface area contributed by atoms with Gasteiger partial charge in [-0.1, -0.05) is 35.4 Å². The number of ether oxygens (including phenoxy) is 1. The zero-order chi connectivity index (χ0) is 24.1. The summed E-state index contributed by atoms with van der Waals surface area (Å²) in [7, 11) is 0. The minimum Gasteiger partial charge on any atom is -0.484 e. The fourth-order valence-corrected chi connectivity index (χ4v) is 4.12. The third-order valence-electron chi connectivity index (χ3n) is 4.69. The SMILES string of the molecule is Cc1ccc(OCC(=O)NCCN2C(=O)S/C(=C\c3ccc(Cl)c([N+](=O)[O-])c3)C2=O)c(C)c1. The van der Waals surface area contributed by atoms with Gasteiger partial charge >= 0.3 is 0 Å². The second-order valence-electron chi connectivity index (χ2n) is 7.21. The summed E-state index contributed by atoms with van der Waals surface area (Å²) in [4.78, 5) is 48.4. The van der Waals surface area contributed by atoms with E-state index in [9.17, 15) is 24.5 Å². The van der Waals surface area contributed by atoms with E-state index in [1.165, 1.54) is 24.3 Å². The fourth-order valence-electron chi connectivity index (χ4n) is 3.07. The maximum atomic E-state index is 12.6. The molecule has 1 fully saturated rings. The molecular weight excluding hydrogens is 470 g/mol. The number of carbonyl (C=O) groups is 3. The van der Waals surface area contributed by atoms with Crippen LogP contribution in [0.25, 0.3) is 6.08 Å². The largest absolute Gasteiger partial charge is 0.484 e. The van der Waals surface area contributed by atoms with Crippen molar-refractivity contribution in [3.63, 3.8) is 0 Å². The molecule has 172 valence electrons. The molecule has 1 N–H and O–H groups in total. The van der Waals surface area contributed by atoms with Crippen molar-refractivity contribution in [2.75, 3.05) is 19.7 Å². The highest BCUT2D eigenvalue weighted by Gasteiger charge is 2.34. The summed E-state index contributed by atoms with van der Waals surface area (Å²) in [6.07, 6.45) is 1.39. The number of nitro groups is 1. The van der Waals surface area contributed by atoms with Gasteiger partial charge in [-0.05, 0) is 54.9 Å². The second kappa shape index (κ2) is 10.5. The normalized spacial score (nSPS) is 14.6. The summed E-state index contributed by atoms with van der Waals surface area (Å²) in [5, 5.41) is 13.1. The third-order valence-corrected chi connectivity index (χ3v) is 5.91. The van der Waals surface area contributed by atoms with E-state index in [1.807, 2.05) is 26.0 Å². The molecule has 1 aliphatic rings. The van der Waals surface area contributed by atoms with Crippen LogP contribution in [-0.4, -0.2) is 46.6 Å². The number of hydrogen-bond donors (Lipinski definition) is 1. The third kappa shape index (κ3) is 6.11. The van der Waals surface area contributed by atoms with Crippen LogP contribution in [0.1, 0.15) is 16.7 Å². The predicted octanol–water partition coefficient (Wildman–Crippen LogP) is 4.10. The lowest BCUT2D eigenvalue weighted by Gasteiger charge is -2.13. The van der Waals surface area contributed by atoms with Crippen LogP contribution >= 0.6 is 23.4 Å². The van der Waals surface area contributed by atoms with Gasteiger partial charge in [0.15, 0.2) is 6.61 Å². The molecule has 9 nitrogen and oxygen atoms in total. The minimum atomic E-state index is -0.627. The highest BCUT2D eigenvalue weighted by atomic mass is 35.5. The van der Waals surface area contributed by atoms with Crippen molar-refractivity contribution >= 4 is 52.2 Å². The molecule has 0 aromatic heterocycles. The lowest BCUT2D eigenvalue weighted by molar-refractivity contribution is -0.384. The Morgan fingerprint density at radius 2 is 2.00 bits per heavy atom. The zero-order valence-corrected chi connectivity index (χ0v) is 19.4. The Balaban J connectivity index is 1.54. The van der Waals surface area contributed by atoms with Crippen molar-refractivity contribution in [2.45, 2.75) is 13.8 Å². The molecule has 0 saturated carbocycles. The first-order chi connectivity index (χ1) is 15.7. The van der Waals surface area contributed by atoms with Gasteiger partial charge in [-0.3, -0.25) is 29.4 Å². The molecular formula is C22H20ClN3O6S. The first-order valence-electron chi connectivity index (χ1n) is 9.82. The molecule has 11 heteroatoms. The van der Waals surface area contributed by atoms with Crippen LogP contribution in [0.5, 0.6) is 5.75 Å². The number of hydrogen-bond acceptors (Lipinski definition) is 7. The van der Waals surface area contributed by atoms with E-state index in [2.05, 4.69) is 5.32 Å². The van der Waals surface area contributed by atoms with Gasteiger partial charge < -0.3 is 10.1 Å². The summed E-state index contributed by atoms with van der Waals surface area (Å²) < 4.78 is 5.51. The maximum Gasteiger partial charge on any atom is 0.293 e. The van der Waals surface area contributed by atoms with E-state index in [0.717, 1.165) is 27.8 Å². The van der Waals surface area contributed by atoms with Crippen LogP contribution < -0.4 is 10.1 Å². The Kier molecular flexibility index (Phi) is 7.72. The number of benzene rings is 2. The van der Waals surface area contributed by atoms with Gasteiger partial charge in [-0.15, -0.1) is 0 Å². The van der Waals surface area contributed by atoms with Crippen molar-refractivity contribution in [1.29, 1.82) is 0 Å². The number of amides is 3. The van der Waals surface area contributed by atoms with E-state index in [1.54, 1.807) is 6.07 Å². The second-order valence-corrected chi connectivity index (χ2v) is 8.61. The predicted molar refractivity (Wildman–Crippen MR) is 125 cm³/mol. The van der Waals surface area contributed by atoms with Crippen molar-refractivity contribution in [2.24, 2.45) is 0 Å². The summed E-state index contributed by atoms with van der Waals surface area (Å²) in [5.74, 6) is -0.316. The standard InChI is InChI=1S/C22H20ClN3O6S/c1-13-3-6-18(14(2)9-13)32-12-20(27)24-7-8-25-21(28)19(33-22(25)29)11-15-4-5-16(23)17(10-15)26(30)31/h3-6,9-11H,7-8,12H2,1-2H3,(H,24,27)/b19-11-. The van der Waals surface area contributed by atoms with Crippen LogP contribution in [0.3, 0.4) is 0 Å². The average molecular weight is 490 g/mol. The number of nitrogens with one attached hydrogen (secondary N) is 1. The molecule has 33 heavy (non-hydrogen) atoms. The average Bonchev–Trinajstić information content (AvgIpc) is 3.01. The highest BCUT2D eigenvalue weighted by Crippen LogP contribution is 2.33. The van der Waals surface area contributed by atoms with Gasteiger partial charge in [0.25, 0.3) is 22.7 Å². The van der Waals surface area contributed by atoms with Gasteiger partial charge in [-0.25, -0.2) is 0 Å². The number of nitro benzene ring substituents is 1. The number of aryl methyl sites for hydroxylation is 2. The van der Waals surface area contributed by atoms with Crippen molar-refractivity contribution in [1.82, 2.24) is 10.2 Å². The molecule has 2 aromatic carbocycles. The van der Waals surface area contributed by atoms with E-state index in [-0.39, 0.29) is 41.2 Å². The molecule has 0 bridgehead atoms. The molecule has 3 amide bonds. The molecule has 0 spiro atoms. The molecule has 1 aliphatic heterocycles. The fraction of sp³-hybridized carbons (Fsp3) is 0.227. The molecule has 1 heterocycles. The first-order valence-corrected chi connectivity index (χ1v) is 11.0. The van der Waals surface area contributed by atoms with Crippen LogP contribution in [0.2, 0.25) is 5.02 Å². The van der Waals surface area contributed by atoms with Gasteiger partial charge in [0.2, 0.25) is 0 Å². The molecule has 2 aromatic rings. The van der Waals surface area contributed by atoms with Gasteiger partial charge in [0.05, 0.1) is 9.83 Å². The van der Waals surface area contributed by atoms with Crippen LogP contribution in [-0.2, 0) is 9.59 Å². The number of nitrogens with zero attached hydrogens (tertiary/aromatic N) is 2. The Labute approximate surface area is 198 Å². The molecule has 1 saturated heterocycles. The molecule has 0 aliphatic carbocycles. The number of halogens is 1. The summed E-state index contributed by atoms with van der Waals surface area (Å²) in [6, 6.07) is 9.72. The van der Waals surface area contributed by atoms with Crippen LogP contribution in [0.15, 0.2) is 41.3 Å². The van der Waals surface area contributed by atoms with Gasteiger partial charge in [0, 0.05) is 19.2 Å². The Morgan fingerprint density at radius 3 is 2.70 bits per heavy atom. The van der Waals surface area contributed by atoms with E-state index in [0.29, 0.717) is 11.3 Å². The van der Waals surface area contributed by atoms with Crippen molar-refractivity contribution in [3.05, 3.63) is 73.1 Å². The Morgan fingerprint density at radius 1 is 1.24 bits per heavy atom. The number of carbonyl (C=O) groups excluding carboxylic acids is 3. The monoisotopic (exact) mass is 489 g/mol. The Hall–Kier alpha value is -3.37. The Bertz CT molecular complexity index is 1170. The van der Waals surface area contributed by atoms with Crippen molar-refractivity contribution in [3.8, 4) is 5.75 Å². The molecule has 0 atom stereocenters. The summed E-state index contributed by atoms with van der Waals surface area (Å²) in [6.45, 7) is 3.70. The smallest absolute Gasteiger partial charge is 0.293 e. The molecule has 0 unspecified atom stereocenters. The highest BCUT2D eigenvalue weighted by molar-refractivity contribution is 8.18. The maximum absolute atomic E-state index is 12.6. The number of imide groups is 1. The first kappa shape index (κ1) is 24.3. The van der Waals surface area contributed by atoms with Crippen LogP contribution in [0, 0.1) is 24.0 Å². The molecule has 0 radical (unpaired) electrons. The number of thioether (sulfide) groups is 1. The van der Waals surface area contributed by atoms with Gasteiger partial charge in [-0.2, -0.15) is 0 Å². The topological polar surface area (TPSA) is 119 Å². The lowest BCUT2D eigenvalue weighted by Crippen LogP contribution is -2.38. The van der Waals surface area contributed by atoms with E-state index >= 15 is 0 Å². The summed E-state index contributed by atoms with van der Waals surface area (Å²) in [5.41, 5.74) is 2.08. The number of rotatable bonds is 8. The van der Waals surface area contributed by atoms with E-state index < -0.39 is 16.1 Å². The van der Waals surface area contributed by atoms with Crippen molar-refractivity contribution < 1.29 is 24.0 Å². The quantitative estimate of drug-likeness (QED) is 0.337. The molecule has 3 rings (SSSR count). The van der Waals surface area contributed by atoms with Gasteiger partial charge in [0.1, 0.15) is 10.8 Å². The zero-order valence-electron chi connectivity index (χ0n) is 17.8. The minimum absolute atomic E-state index is 0.0158. The van der Waals surface area contributed by atoms with E-state index in [4.69, 9.17) is 16.3 Å².